The van der Waals surface area contributed by atoms with Gasteiger partial charge in [-0.15, -0.1) is 0 Å². The van der Waals surface area contributed by atoms with Crippen LogP contribution in [0.3, 0.4) is 0 Å². The number of aliphatic hydroxyl groups excluding tert-OH is 2. The SMILES string of the molecule is CC(=O)O[C@H]1C(=O)[C@@]2(C)[C@H]([C@H](OC(=O)c3ccccc3)[C@]3(O)C[C@H](OC(=O)[C@H](O)[C@@H](NC(=O)c4ccccc4)c4ccc(F)cc4)C(C)=C1C3(C)C)[C@]1(OC(C)=O)CO[C@@H]1C[C@@H]2O. The van der Waals surface area contributed by atoms with Crippen molar-refractivity contribution < 1.29 is 72.2 Å². The summed E-state index contributed by atoms with van der Waals surface area (Å²) in [6, 6.07) is 18.9. The van der Waals surface area contributed by atoms with Gasteiger partial charge in [-0.25, -0.2) is 14.0 Å². The second-order valence-electron chi connectivity index (χ2n) is 17.5. The molecule has 2 saturated carbocycles. The van der Waals surface area contributed by atoms with Gasteiger partial charge in [0.2, 0.25) is 0 Å². The number of hydrogen-bond donors (Lipinski definition) is 4. The number of rotatable bonds is 10. The van der Waals surface area contributed by atoms with Crippen LogP contribution in [0.5, 0.6) is 0 Å². The zero-order valence-electron chi connectivity index (χ0n) is 35.5. The molecule has 16 heteroatoms. The summed E-state index contributed by atoms with van der Waals surface area (Å²) >= 11 is 0. The van der Waals surface area contributed by atoms with Crippen LogP contribution in [0.15, 0.2) is 96.1 Å². The van der Waals surface area contributed by atoms with Crippen molar-refractivity contribution >= 4 is 35.6 Å². The van der Waals surface area contributed by atoms with Gasteiger partial charge in [0.05, 0.1) is 35.6 Å². The molecule has 3 aromatic carbocycles. The predicted molar refractivity (Wildman–Crippen MR) is 218 cm³/mol. The lowest BCUT2D eigenvalue weighted by Gasteiger charge is -2.67. The van der Waals surface area contributed by atoms with E-state index in [0.29, 0.717) is 0 Å². The van der Waals surface area contributed by atoms with E-state index in [1.54, 1.807) is 36.4 Å². The van der Waals surface area contributed by atoms with Crippen LogP contribution in [-0.2, 0) is 42.9 Å². The average Bonchev–Trinajstić information content (AvgIpc) is 3.24. The molecular weight excluding hydrogens is 822 g/mol. The monoisotopic (exact) mass is 871 g/mol. The number of esters is 4. The number of halogens is 1. The molecule has 0 radical (unpaired) electrons. The van der Waals surface area contributed by atoms with Crippen LogP contribution in [0.1, 0.15) is 86.7 Å². The maximum Gasteiger partial charge on any atom is 0.338 e. The molecule has 11 atom stereocenters. The Morgan fingerprint density at radius 3 is 2.02 bits per heavy atom. The summed E-state index contributed by atoms with van der Waals surface area (Å²) < 4.78 is 44.2. The first-order valence-corrected chi connectivity index (χ1v) is 20.6. The van der Waals surface area contributed by atoms with Crippen LogP contribution in [0.4, 0.5) is 4.39 Å². The highest BCUT2D eigenvalue weighted by atomic mass is 19.1. The van der Waals surface area contributed by atoms with Crippen LogP contribution < -0.4 is 5.32 Å². The van der Waals surface area contributed by atoms with Crippen LogP contribution in [-0.4, -0.2) is 105 Å². The molecule has 7 rings (SSSR count). The first kappa shape index (κ1) is 45.2. The van der Waals surface area contributed by atoms with Gasteiger partial charge >= 0.3 is 23.9 Å². The number of carbonyl (C=O) groups excluding carboxylic acids is 6. The molecule has 0 aromatic heterocycles. The zero-order chi connectivity index (χ0) is 45.8. The first-order valence-electron chi connectivity index (χ1n) is 20.6. The van der Waals surface area contributed by atoms with Gasteiger partial charge in [0, 0.05) is 37.7 Å². The van der Waals surface area contributed by atoms with Crippen molar-refractivity contribution in [2.24, 2.45) is 16.7 Å². The first-order chi connectivity index (χ1) is 29.7. The van der Waals surface area contributed by atoms with Gasteiger partial charge in [-0.3, -0.25) is 19.2 Å². The van der Waals surface area contributed by atoms with Crippen LogP contribution in [0, 0.1) is 22.6 Å². The van der Waals surface area contributed by atoms with E-state index in [-0.39, 0.29) is 40.9 Å². The zero-order valence-corrected chi connectivity index (χ0v) is 35.5. The molecule has 0 unspecified atom stereocenters. The minimum atomic E-state index is -2.44. The predicted octanol–water partition coefficient (Wildman–Crippen LogP) is 3.87. The number of fused-ring (bicyclic) bond motifs is 5. The van der Waals surface area contributed by atoms with Crippen molar-refractivity contribution in [1.29, 1.82) is 0 Å². The van der Waals surface area contributed by atoms with Gasteiger partial charge in [0.25, 0.3) is 5.91 Å². The number of Topliss-reactive ketones (excluding diaryl/α,β-unsaturated/α-hetero) is 1. The molecule has 1 heterocycles. The summed E-state index contributed by atoms with van der Waals surface area (Å²) in [5.74, 6) is -7.79. The largest absolute Gasteiger partial charge is 0.456 e. The molecule has 2 bridgehead atoms. The molecule has 4 N–H and O–H groups in total. The van der Waals surface area contributed by atoms with Gasteiger partial charge < -0.3 is 44.3 Å². The van der Waals surface area contributed by atoms with E-state index >= 15 is 4.79 Å². The Hall–Kier alpha value is -5.81. The van der Waals surface area contributed by atoms with Crippen molar-refractivity contribution in [3.8, 4) is 0 Å². The third-order valence-corrected chi connectivity index (χ3v) is 13.6. The molecule has 1 amide bonds. The summed E-state index contributed by atoms with van der Waals surface area (Å²) in [5.41, 5.74) is -7.58. The Morgan fingerprint density at radius 1 is 0.857 bits per heavy atom. The van der Waals surface area contributed by atoms with Gasteiger partial charge in [0.15, 0.2) is 23.6 Å². The van der Waals surface area contributed by atoms with Crippen molar-refractivity contribution in [2.75, 3.05) is 6.61 Å². The summed E-state index contributed by atoms with van der Waals surface area (Å²) in [5, 5.41) is 40.1. The summed E-state index contributed by atoms with van der Waals surface area (Å²) in [4.78, 5) is 83.4. The van der Waals surface area contributed by atoms with E-state index in [4.69, 9.17) is 23.7 Å². The van der Waals surface area contributed by atoms with E-state index in [9.17, 15) is 43.7 Å². The number of ketones is 1. The Kier molecular flexibility index (Phi) is 12.0. The topological polar surface area (TPSA) is 221 Å². The van der Waals surface area contributed by atoms with Crippen LogP contribution in [0.2, 0.25) is 0 Å². The normalized spacial score (nSPS) is 31.6. The van der Waals surface area contributed by atoms with E-state index < -0.39 is 118 Å². The number of hydrogen-bond acceptors (Lipinski definition) is 14. The van der Waals surface area contributed by atoms with E-state index in [1.807, 2.05) is 0 Å². The molecule has 4 aliphatic rings. The molecule has 63 heavy (non-hydrogen) atoms. The number of benzene rings is 3. The highest BCUT2D eigenvalue weighted by Gasteiger charge is 2.78. The smallest absolute Gasteiger partial charge is 0.338 e. The minimum absolute atomic E-state index is 0.0441. The number of nitrogens with one attached hydrogen (secondary N) is 1. The lowest BCUT2D eigenvalue weighted by Crippen LogP contribution is -2.82. The molecule has 15 nitrogen and oxygen atoms in total. The Balaban J connectivity index is 1.39. The molecule has 3 aromatic rings. The second-order valence-corrected chi connectivity index (χ2v) is 17.5. The Morgan fingerprint density at radius 2 is 1.46 bits per heavy atom. The molecule has 3 fully saturated rings. The molecule has 3 aliphatic carbocycles. The second kappa shape index (κ2) is 16.7. The maximum atomic E-state index is 15.5. The van der Waals surface area contributed by atoms with Crippen LogP contribution >= 0.6 is 0 Å². The maximum absolute atomic E-state index is 15.5. The van der Waals surface area contributed by atoms with E-state index in [2.05, 4.69) is 5.32 Å². The number of aliphatic hydroxyl groups is 3. The molecule has 334 valence electrons. The summed E-state index contributed by atoms with van der Waals surface area (Å²) in [6.45, 7) is 7.79. The molecular formula is C47H50FNO14. The lowest BCUT2D eigenvalue weighted by atomic mass is 9.44. The van der Waals surface area contributed by atoms with E-state index in [0.717, 1.165) is 26.0 Å². The highest BCUT2D eigenvalue weighted by molar-refractivity contribution is 5.96. The van der Waals surface area contributed by atoms with Gasteiger partial charge in [0.1, 0.15) is 29.7 Å². The quantitative estimate of drug-likeness (QED) is 0.129. The fourth-order valence-corrected chi connectivity index (χ4v) is 10.2. The Labute approximate surface area is 362 Å². The van der Waals surface area contributed by atoms with Gasteiger partial charge in [-0.2, -0.15) is 0 Å². The molecule has 1 aliphatic heterocycles. The number of carbonyl (C=O) groups is 6. The van der Waals surface area contributed by atoms with Gasteiger partial charge in [-0.05, 0) is 67.0 Å². The average molecular weight is 872 g/mol. The summed E-state index contributed by atoms with van der Waals surface area (Å²) in [7, 11) is 0. The standard InChI is InChI=1S/C47H50FNO14/c1-24-31(61-43(57)36(53)35(27-17-19-30(48)20-18-27)49-41(55)28-13-9-7-10-14-28)22-47(58)40(62-42(56)29-15-11-8-12-16-29)38-45(6,32(52)21-33-46(38,23-59-33)63-26(3)51)39(54)37(60-25(2)50)34(24)44(47,4)5/h7-20,31-33,35-38,40,52-53,58H,21-23H2,1-6H3,(H,49,55)/t31-,32-,33+,35-,36+,37+,38-,40-,45+,46-,47+/m0/s1. The fourth-order valence-electron chi connectivity index (χ4n) is 10.2. The third-order valence-electron chi connectivity index (χ3n) is 13.6. The van der Waals surface area contributed by atoms with Crippen molar-refractivity contribution in [3.05, 3.63) is 119 Å². The number of amides is 1. The lowest BCUT2D eigenvalue weighted by molar-refractivity contribution is -0.346. The van der Waals surface area contributed by atoms with Gasteiger partial charge in [-0.1, -0.05) is 62.4 Å². The third kappa shape index (κ3) is 7.62. The van der Waals surface area contributed by atoms with Crippen molar-refractivity contribution in [1.82, 2.24) is 5.32 Å². The Bertz CT molecular complexity index is 2340. The number of ether oxygens (including phenoxy) is 5. The molecule has 1 saturated heterocycles. The summed E-state index contributed by atoms with van der Waals surface area (Å²) in [6.07, 6.45) is -10.9. The van der Waals surface area contributed by atoms with Crippen LogP contribution in [0.25, 0.3) is 0 Å². The molecule has 0 spiro atoms. The van der Waals surface area contributed by atoms with Crippen molar-refractivity contribution in [2.45, 2.75) is 108 Å². The minimum Gasteiger partial charge on any atom is -0.456 e. The van der Waals surface area contributed by atoms with Crippen molar-refractivity contribution in [3.63, 3.8) is 0 Å². The van der Waals surface area contributed by atoms with E-state index in [1.165, 1.54) is 64.1 Å². The highest BCUT2D eigenvalue weighted by Crippen LogP contribution is 2.64. The fraction of sp³-hybridized carbons (Fsp3) is 0.447.